The van der Waals surface area contributed by atoms with Gasteiger partial charge in [0.1, 0.15) is 12.1 Å². The third-order valence-corrected chi connectivity index (χ3v) is 4.52. The van der Waals surface area contributed by atoms with E-state index >= 15 is 0 Å². The van der Waals surface area contributed by atoms with E-state index in [-0.39, 0.29) is 0 Å². The minimum atomic E-state index is 0.989. The van der Waals surface area contributed by atoms with Gasteiger partial charge >= 0.3 is 0 Å². The average molecular weight is 316 g/mol. The van der Waals surface area contributed by atoms with Gasteiger partial charge in [-0.2, -0.15) is 5.10 Å². The SMILES string of the molecule is Cc1ccc(-c2c(C)nn(C)c2-n2cnc3ccccc32)c(C)c1. The van der Waals surface area contributed by atoms with Crippen LogP contribution in [0.1, 0.15) is 16.8 Å². The van der Waals surface area contributed by atoms with Crippen molar-refractivity contribution >= 4 is 11.0 Å². The second-order valence-corrected chi connectivity index (χ2v) is 6.33. The minimum absolute atomic E-state index is 0.989. The van der Waals surface area contributed by atoms with Crippen LogP contribution in [0.5, 0.6) is 0 Å². The molecule has 0 saturated carbocycles. The highest BCUT2D eigenvalue weighted by Gasteiger charge is 2.19. The lowest BCUT2D eigenvalue weighted by Gasteiger charge is -2.12. The van der Waals surface area contributed by atoms with Crippen LogP contribution in [-0.4, -0.2) is 19.3 Å². The van der Waals surface area contributed by atoms with Crippen molar-refractivity contribution in [3.8, 4) is 16.9 Å². The minimum Gasteiger partial charge on any atom is -0.283 e. The van der Waals surface area contributed by atoms with E-state index in [0.29, 0.717) is 0 Å². The average Bonchev–Trinajstić information content (AvgIpc) is 3.08. The van der Waals surface area contributed by atoms with Crippen molar-refractivity contribution < 1.29 is 0 Å². The number of hydrogen-bond donors (Lipinski definition) is 0. The summed E-state index contributed by atoms with van der Waals surface area (Å²) in [5.41, 5.74) is 8.02. The van der Waals surface area contributed by atoms with E-state index in [1.54, 1.807) is 0 Å². The van der Waals surface area contributed by atoms with Crippen molar-refractivity contribution in [2.45, 2.75) is 20.8 Å². The van der Waals surface area contributed by atoms with Gasteiger partial charge in [-0.3, -0.25) is 9.25 Å². The third kappa shape index (κ3) is 2.14. The van der Waals surface area contributed by atoms with Crippen LogP contribution in [0.2, 0.25) is 0 Å². The van der Waals surface area contributed by atoms with Crippen molar-refractivity contribution in [1.82, 2.24) is 19.3 Å². The molecule has 4 nitrogen and oxygen atoms in total. The molecule has 0 N–H and O–H groups in total. The van der Waals surface area contributed by atoms with Gasteiger partial charge in [0.25, 0.3) is 0 Å². The molecule has 0 aliphatic heterocycles. The Morgan fingerprint density at radius 2 is 1.75 bits per heavy atom. The normalized spacial score (nSPS) is 11.3. The number of hydrogen-bond acceptors (Lipinski definition) is 2. The van der Waals surface area contributed by atoms with Crippen LogP contribution in [-0.2, 0) is 7.05 Å². The first-order valence-corrected chi connectivity index (χ1v) is 8.10. The lowest BCUT2D eigenvalue weighted by molar-refractivity contribution is 0.727. The molecule has 2 aromatic heterocycles. The van der Waals surface area contributed by atoms with Gasteiger partial charge in [0.2, 0.25) is 0 Å². The molecule has 4 aromatic rings. The van der Waals surface area contributed by atoms with E-state index in [1.807, 2.05) is 36.3 Å². The molecule has 4 heteroatoms. The fourth-order valence-corrected chi connectivity index (χ4v) is 3.46. The second-order valence-electron chi connectivity index (χ2n) is 6.33. The predicted molar refractivity (Wildman–Crippen MR) is 97.5 cm³/mol. The molecule has 2 heterocycles. The number of aromatic nitrogens is 4. The summed E-state index contributed by atoms with van der Waals surface area (Å²) in [6, 6.07) is 14.8. The van der Waals surface area contributed by atoms with E-state index in [0.717, 1.165) is 28.1 Å². The van der Waals surface area contributed by atoms with Crippen LogP contribution in [0, 0.1) is 20.8 Å². The van der Waals surface area contributed by atoms with E-state index in [2.05, 4.69) is 59.7 Å². The Morgan fingerprint density at radius 1 is 0.958 bits per heavy atom. The summed E-state index contributed by atoms with van der Waals surface area (Å²) in [6.07, 6.45) is 1.88. The quantitative estimate of drug-likeness (QED) is 0.551. The first kappa shape index (κ1) is 14.7. The van der Waals surface area contributed by atoms with Gasteiger partial charge in [-0.25, -0.2) is 4.98 Å². The molecule has 0 aliphatic carbocycles. The maximum absolute atomic E-state index is 4.68. The van der Waals surface area contributed by atoms with Crippen LogP contribution in [0.15, 0.2) is 48.8 Å². The van der Waals surface area contributed by atoms with Gasteiger partial charge in [0.05, 0.1) is 16.7 Å². The number of imidazole rings is 1. The van der Waals surface area contributed by atoms with Gasteiger partial charge in [-0.1, -0.05) is 35.9 Å². The van der Waals surface area contributed by atoms with Gasteiger partial charge in [0, 0.05) is 12.6 Å². The zero-order valence-corrected chi connectivity index (χ0v) is 14.4. The lowest BCUT2D eigenvalue weighted by atomic mass is 9.98. The van der Waals surface area contributed by atoms with Crippen LogP contribution >= 0.6 is 0 Å². The fourth-order valence-electron chi connectivity index (χ4n) is 3.46. The summed E-state index contributed by atoms with van der Waals surface area (Å²) in [5, 5.41) is 4.68. The molecule has 0 unspecified atom stereocenters. The van der Waals surface area contributed by atoms with Gasteiger partial charge in [-0.05, 0) is 44.0 Å². The molecular weight excluding hydrogens is 296 g/mol. The second kappa shape index (κ2) is 5.34. The number of para-hydroxylation sites is 2. The van der Waals surface area contributed by atoms with Crippen LogP contribution in [0.25, 0.3) is 28.0 Å². The summed E-state index contributed by atoms with van der Waals surface area (Å²) in [4.78, 5) is 4.54. The number of aryl methyl sites for hydroxylation is 4. The third-order valence-electron chi connectivity index (χ3n) is 4.52. The van der Waals surface area contributed by atoms with Crippen LogP contribution < -0.4 is 0 Å². The summed E-state index contributed by atoms with van der Waals surface area (Å²) >= 11 is 0. The molecule has 0 fully saturated rings. The standard InChI is InChI=1S/C20H20N4/c1-13-9-10-16(14(2)11-13)19-15(3)22-23(4)20(19)24-12-21-17-7-5-6-8-18(17)24/h5-12H,1-4H3. The number of benzene rings is 2. The highest BCUT2D eigenvalue weighted by Crippen LogP contribution is 2.34. The molecule has 120 valence electrons. The first-order chi connectivity index (χ1) is 11.6. The van der Waals surface area contributed by atoms with Crippen molar-refractivity contribution in [3.63, 3.8) is 0 Å². The molecule has 0 amide bonds. The summed E-state index contributed by atoms with van der Waals surface area (Å²) < 4.78 is 4.07. The van der Waals surface area contributed by atoms with E-state index in [4.69, 9.17) is 0 Å². The largest absolute Gasteiger partial charge is 0.283 e. The molecule has 0 bridgehead atoms. The van der Waals surface area contributed by atoms with Crippen molar-refractivity contribution in [3.05, 3.63) is 65.6 Å². The first-order valence-electron chi connectivity index (χ1n) is 8.10. The molecule has 0 aliphatic rings. The maximum atomic E-state index is 4.68. The van der Waals surface area contributed by atoms with Gasteiger partial charge < -0.3 is 0 Å². The molecule has 0 spiro atoms. The smallest absolute Gasteiger partial charge is 0.144 e. The Hall–Kier alpha value is -2.88. The summed E-state index contributed by atoms with van der Waals surface area (Å²) in [5.74, 6) is 1.05. The molecule has 2 aromatic carbocycles. The molecule has 0 saturated heterocycles. The van der Waals surface area contributed by atoms with E-state index in [1.165, 1.54) is 16.7 Å². The topological polar surface area (TPSA) is 35.6 Å². The molecular formula is C20H20N4. The van der Waals surface area contributed by atoms with E-state index < -0.39 is 0 Å². The summed E-state index contributed by atoms with van der Waals surface area (Å²) in [6.45, 7) is 6.35. The predicted octanol–water partition coefficient (Wildman–Crippen LogP) is 4.35. The molecule has 0 atom stereocenters. The van der Waals surface area contributed by atoms with Gasteiger partial charge in [0.15, 0.2) is 0 Å². The molecule has 0 radical (unpaired) electrons. The Bertz CT molecular complexity index is 1050. The van der Waals surface area contributed by atoms with Crippen molar-refractivity contribution in [1.29, 1.82) is 0 Å². The van der Waals surface area contributed by atoms with Crippen LogP contribution in [0.3, 0.4) is 0 Å². The molecule has 24 heavy (non-hydrogen) atoms. The lowest BCUT2D eigenvalue weighted by Crippen LogP contribution is -2.03. The Balaban J connectivity index is 2.04. The Labute approximate surface area is 141 Å². The number of rotatable bonds is 2. The van der Waals surface area contributed by atoms with Gasteiger partial charge in [-0.15, -0.1) is 0 Å². The Kier molecular flexibility index (Phi) is 3.27. The maximum Gasteiger partial charge on any atom is 0.144 e. The number of fused-ring (bicyclic) bond motifs is 1. The molecule has 4 rings (SSSR count). The zero-order valence-electron chi connectivity index (χ0n) is 14.4. The van der Waals surface area contributed by atoms with Crippen LogP contribution in [0.4, 0.5) is 0 Å². The zero-order chi connectivity index (χ0) is 16.8. The number of nitrogens with zero attached hydrogens (tertiary/aromatic N) is 4. The van der Waals surface area contributed by atoms with Crippen molar-refractivity contribution in [2.75, 3.05) is 0 Å². The van der Waals surface area contributed by atoms with E-state index in [9.17, 15) is 0 Å². The highest BCUT2D eigenvalue weighted by molar-refractivity contribution is 5.82. The summed E-state index contributed by atoms with van der Waals surface area (Å²) in [7, 11) is 1.99. The highest BCUT2D eigenvalue weighted by atomic mass is 15.3. The Morgan fingerprint density at radius 3 is 2.54 bits per heavy atom. The fraction of sp³-hybridized carbons (Fsp3) is 0.200. The van der Waals surface area contributed by atoms with Crippen molar-refractivity contribution in [2.24, 2.45) is 7.05 Å². The monoisotopic (exact) mass is 316 g/mol.